The number of nitrogens with one attached hydrogen (secondary N) is 1. The van der Waals surface area contributed by atoms with Crippen molar-refractivity contribution in [3.63, 3.8) is 0 Å². The molecule has 0 aromatic heterocycles. The standard InChI is InChI=1S/C21H26N2O2S/c1-4-11-23(21(26)22-17-10-9-15(2)16(3)12-17)13-18-14-24-19-7-5-6-8-20(19)25-18/h5-10,12,18H,4,11,13-14H2,1-3H3,(H,22,26)/t18-/m0/s1. The molecule has 1 heterocycles. The van der Waals surface area contributed by atoms with Crippen molar-refractivity contribution in [3.05, 3.63) is 53.6 Å². The van der Waals surface area contributed by atoms with Gasteiger partial charge in [0, 0.05) is 12.2 Å². The lowest BCUT2D eigenvalue weighted by Gasteiger charge is -2.32. The molecule has 0 saturated carbocycles. The second kappa shape index (κ2) is 8.41. The zero-order valence-corrected chi connectivity index (χ0v) is 16.4. The smallest absolute Gasteiger partial charge is 0.173 e. The maximum absolute atomic E-state index is 6.09. The number of thiocarbonyl (C=S) groups is 1. The number of hydrogen-bond acceptors (Lipinski definition) is 3. The number of nitrogens with zero attached hydrogens (tertiary/aromatic N) is 1. The summed E-state index contributed by atoms with van der Waals surface area (Å²) in [6, 6.07) is 14.1. The molecular formula is C21H26N2O2S. The Hall–Kier alpha value is -2.27. The van der Waals surface area contributed by atoms with E-state index in [1.54, 1.807) is 0 Å². The van der Waals surface area contributed by atoms with Gasteiger partial charge in [-0.2, -0.15) is 0 Å². The highest BCUT2D eigenvalue weighted by Gasteiger charge is 2.24. The fourth-order valence-electron chi connectivity index (χ4n) is 2.97. The van der Waals surface area contributed by atoms with Crippen molar-refractivity contribution in [2.24, 2.45) is 0 Å². The van der Waals surface area contributed by atoms with Crippen LogP contribution in [0.3, 0.4) is 0 Å². The number of ether oxygens (including phenoxy) is 2. The first-order valence-corrected chi connectivity index (χ1v) is 9.49. The van der Waals surface area contributed by atoms with Crippen LogP contribution < -0.4 is 14.8 Å². The summed E-state index contributed by atoms with van der Waals surface area (Å²) in [5, 5.41) is 4.08. The maximum Gasteiger partial charge on any atom is 0.173 e. The van der Waals surface area contributed by atoms with Crippen molar-refractivity contribution in [2.75, 3.05) is 25.0 Å². The highest BCUT2D eigenvalue weighted by atomic mass is 32.1. The molecule has 0 aliphatic carbocycles. The van der Waals surface area contributed by atoms with Crippen molar-refractivity contribution >= 4 is 23.0 Å². The fourth-order valence-corrected chi connectivity index (χ4v) is 3.25. The van der Waals surface area contributed by atoms with Crippen LogP contribution in [0.2, 0.25) is 0 Å². The number of benzene rings is 2. The number of aryl methyl sites for hydroxylation is 2. The van der Waals surface area contributed by atoms with Gasteiger partial charge in [-0.1, -0.05) is 25.1 Å². The third kappa shape index (κ3) is 4.47. The number of hydrogen-bond donors (Lipinski definition) is 1. The molecule has 0 bridgehead atoms. The van der Waals surface area contributed by atoms with E-state index in [1.807, 2.05) is 24.3 Å². The number of anilines is 1. The van der Waals surface area contributed by atoms with E-state index in [-0.39, 0.29) is 6.10 Å². The minimum absolute atomic E-state index is 0.0454. The molecule has 0 radical (unpaired) electrons. The predicted octanol–water partition coefficient (Wildman–Crippen LogP) is 4.55. The quantitative estimate of drug-likeness (QED) is 0.781. The van der Waals surface area contributed by atoms with Crippen molar-refractivity contribution in [1.29, 1.82) is 0 Å². The van der Waals surface area contributed by atoms with E-state index in [4.69, 9.17) is 21.7 Å². The number of fused-ring (bicyclic) bond motifs is 1. The average Bonchev–Trinajstić information content (AvgIpc) is 2.64. The first kappa shape index (κ1) is 18.5. The zero-order chi connectivity index (χ0) is 18.5. The summed E-state index contributed by atoms with van der Waals surface area (Å²) < 4.78 is 11.9. The molecule has 4 nitrogen and oxygen atoms in total. The van der Waals surface area contributed by atoms with Crippen LogP contribution in [-0.4, -0.2) is 35.8 Å². The predicted molar refractivity (Wildman–Crippen MR) is 110 cm³/mol. The van der Waals surface area contributed by atoms with Crippen molar-refractivity contribution in [3.8, 4) is 11.5 Å². The molecule has 2 aromatic carbocycles. The Bertz CT molecular complexity index is 778. The third-order valence-corrected chi connectivity index (χ3v) is 4.89. The minimum atomic E-state index is -0.0454. The lowest BCUT2D eigenvalue weighted by molar-refractivity contribution is 0.0746. The lowest BCUT2D eigenvalue weighted by atomic mass is 10.1. The Morgan fingerprint density at radius 1 is 1.15 bits per heavy atom. The second-order valence-corrected chi connectivity index (χ2v) is 7.06. The average molecular weight is 371 g/mol. The van der Waals surface area contributed by atoms with Crippen LogP contribution in [-0.2, 0) is 0 Å². The zero-order valence-electron chi connectivity index (χ0n) is 15.6. The molecule has 1 atom stereocenters. The Morgan fingerprint density at radius 2 is 1.92 bits per heavy atom. The van der Waals surface area contributed by atoms with E-state index in [2.05, 4.69) is 49.2 Å². The molecule has 1 N–H and O–H groups in total. The Kier molecular flexibility index (Phi) is 5.99. The SMILES string of the molecule is CCCN(C[C@H]1COc2ccccc2O1)C(=S)Nc1ccc(C)c(C)c1. The van der Waals surface area contributed by atoms with Crippen molar-refractivity contribution in [1.82, 2.24) is 4.90 Å². The van der Waals surface area contributed by atoms with Crippen LogP contribution in [0.25, 0.3) is 0 Å². The molecule has 5 heteroatoms. The molecule has 26 heavy (non-hydrogen) atoms. The summed E-state index contributed by atoms with van der Waals surface area (Å²) >= 11 is 5.66. The summed E-state index contributed by atoms with van der Waals surface area (Å²) in [5.41, 5.74) is 3.55. The fraction of sp³-hybridized carbons (Fsp3) is 0.381. The van der Waals surface area contributed by atoms with Gasteiger partial charge in [0.1, 0.15) is 6.61 Å². The van der Waals surface area contributed by atoms with Gasteiger partial charge >= 0.3 is 0 Å². The molecule has 0 unspecified atom stereocenters. The van der Waals surface area contributed by atoms with E-state index in [1.165, 1.54) is 11.1 Å². The van der Waals surface area contributed by atoms with E-state index in [0.29, 0.717) is 13.2 Å². The van der Waals surface area contributed by atoms with Crippen LogP contribution in [0.15, 0.2) is 42.5 Å². The van der Waals surface area contributed by atoms with Gasteiger partial charge in [0.2, 0.25) is 0 Å². The number of para-hydroxylation sites is 2. The summed E-state index contributed by atoms with van der Waals surface area (Å²) in [7, 11) is 0. The summed E-state index contributed by atoms with van der Waals surface area (Å²) in [5.74, 6) is 1.61. The summed E-state index contributed by atoms with van der Waals surface area (Å²) in [4.78, 5) is 2.16. The molecule has 3 rings (SSSR count). The highest BCUT2D eigenvalue weighted by molar-refractivity contribution is 7.80. The van der Waals surface area contributed by atoms with Gasteiger partial charge in [0.05, 0.1) is 6.54 Å². The van der Waals surface area contributed by atoms with Gasteiger partial charge in [-0.15, -0.1) is 0 Å². The van der Waals surface area contributed by atoms with E-state index in [0.717, 1.165) is 35.3 Å². The summed E-state index contributed by atoms with van der Waals surface area (Å²) in [6.45, 7) is 8.47. The van der Waals surface area contributed by atoms with E-state index < -0.39 is 0 Å². The van der Waals surface area contributed by atoms with Gasteiger partial charge in [-0.3, -0.25) is 0 Å². The molecule has 0 spiro atoms. The lowest BCUT2D eigenvalue weighted by Crippen LogP contribution is -2.45. The minimum Gasteiger partial charge on any atom is -0.486 e. The van der Waals surface area contributed by atoms with Crippen LogP contribution in [0.1, 0.15) is 24.5 Å². The van der Waals surface area contributed by atoms with Crippen molar-refractivity contribution in [2.45, 2.75) is 33.3 Å². The normalized spacial score (nSPS) is 15.4. The molecule has 138 valence electrons. The van der Waals surface area contributed by atoms with Crippen LogP contribution in [0, 0.1) is 13.8 Å². The van der Waals surface area contributed by atoms with Crippen LogP contribution in [0.4, 0.5) is 5.69 Å². The van der Waals surface area contributed by atoms with Gasteiger partial charge in [-0.05, 0) is 67.9 Å². The number of rotatable bonds is 5. The largest absolute Gasteiger partial charge is 0.486 e. The molecule has 2 aromatic rings. The first-order chi connectivity index (χ1) is 12.6. The third-order valence-electron chi connectivity index (χ3n) is 4.53. The van der Waals surface area contributed by atoms with Crippen molar-refractivity contribution < 1.29 is 9.47 Å². The van der Waals surface area contributed by atoms with Crippen LogP contribution >= 0.6 is 12.2 Å². The van der Waals surface area contributed by atoms with Crippen LogP contribution in [0.5, 0.6) is 11.5 Å². The first-order valence-electron chi connectivity index (χ1n) is 9.08. The van der Waals surface area contributed by atoms with E-state index in [9.17, 15) is 0 Å². The molecule has 0 fully saturated rings. The molecule has 0 saturated heterocycles. The molecular weight excluding hydrogens is 344 g/mol. The highest BCUT2D eigenvalue weighted by Crippen LogP contribution is 2.31. The van der Waals surface area contributed by atoms with E-state index >= 15 is 0 Å². The Morgan fingerprint density at radius 3 is 2.65 bits per heavy atom. The van der Waals surface area contributed by atoms with Gasteiger partial charge < -0.3 is 19.7 Å². The van der Waals surface area contributed by atoms with Gasteiger partial charge in [0.25, 0.3) is 0 Å². The maximum atomic E-state index is 6.09. The monoisotopic (exact) mass is 370 g/mol. The summed E-state index contributed by atoms with van der Waals surface area (Å²) in [6.07, 6.45) is 0.967. The molecule has 1 aliphatic heterocycles. The molecule has 1 aliphatic rings. The van der Waals surface area contributed by atoms with Gasteiger partial charge in [-0.25, -0.2) is 0 Å². The van der Waals surface area contributed by atoms with Gasteiger partial charge in [0.15, 0.2) is 22.7 Å². The Labute approximate surface area is 161 Å². The topological polar surface area (TPSA) is 33.7 Å². The molecule has 0 amide bonds. The Balaban J connectivity index is 1.65. The second-order valence-electron chi connectivity index (χ2n) is 6.67.